The second-order valence-corrected chi connectivity index (χ2v) is 4.39. The van der Waals surface area contributed by atoms with Crippen molar-refractivity contribution in [2.24, 2.45) is 5.73 Å². The zero-order valence-electron chi connectivity index (χ0n) is 8.73. The van der Waals surface area contributed by atoms with Crippen LogP contribution in [0, 0.1) is 6.92 Å². The second kappa shape index (κ2) is 4.55. The van der Waals surface area contributed by atoms with Crippen molar-refractivity contribution in [3.63, 3.8) is 0 Å². The number of rotatable bonds is 3. The van der Waals surface area contributed by atoms with E-state index in [2.05, 4.69) is 34.6 Å². The van der Waals surface area contributed by atoms with Gasteiger partial charge in [0.15, 0.2) is 0 Å². The van der Waals surface area contributed by atoms with Gasteiger partial charge in [-0.05, 0) is 25.5 Å². The highest BCUT2D eigenvalue weighted by Gasteiger charge is 2.01. The normalized spacial score (nSPS) is 10.5. The lowest BCUT2D eigenvalue weighted by atomic mass is 10.1. The summed E-state index contributed by atoms with van der Waals surface area (Å²) in [6.45, 7) is 2.72. The zero-order chi connectivity index (χ0) is 10.7. The number of benzene rings is 1. The molecular formula is C12H14N2S. The zero-order valence-corrected chi connectivity index (χ0v) is 9.55. The summed E-state index contributed by atoms with van der Waals surface area (Å²) in [7, 11) is 0. The van der Waals surface area contributed by atoms with Gasteiger partial charge in [0.1, 0.15) is 5.01 Å². The Bertz CT molecular complexity index is 431. The molecule has 0 fully saturated rings. The van der Waals surface area contributed by atoms with Crippen LogP contribution in [0.15, 0.2) is 29.6 Å². The van der Waals surface area contributed by atoms with Crippen LogP contribution in [-0.2, 0) is 6.42 Å². The highest BCUT2D eigenvalue weighted by Crippen LogP contribution is 2.23. The fourth-order valence-electron chi connectivity index (χ4n) is 1.47. The number of nitrogens with zero attached hydrogens (tertiary/aromatic N) is 1. The van der Waals surface area contributed by atoms with Crippen LogP contribution in [0.5, 0.6) is 0 Å². The predicted octanol–water partition coefficient (Wildman–Crippen LogP) is 2.62. The lowest BCUT2D eigenvalue weighted by Gasteiger charge is -2.00. The summed E-state index contributed by atoms with van der Waals surface area (Å²) in [5.74, 6) is 0. The van der Waals surface area contributed by atoms with E-state index in [-0.39, 0.29) is 0 Å². The molecule has 2 rings (SSSR count). The summed E-state index contributed by atoms with van der Waals surface area (Å²) < 4.78 is 0. The number of aromatic nitrogens is 1. The maximum Gasteiger partial charge on any atom is 0.123 e. The van der Waals surface area contributed by atoms with Crippen LogP contribution in [0.1, 0.15) is 11.3 Å². The lowest BCUT2D eigenvalue weighted by molar-refractivity contribution is 0.969. The van der Waals surface area contributed by atoms with E-state index in [0.29, 0.717) is 6.54 Å². The van der Waals surface area contributed by atoms with Gasteiger partial charge in [-0.15, -0.1) is 11.3 Å². The molecule has 2 aromatic rings. The van der Waals surface area contributed by atoms with Gasteiger partial charge in [-0.1, -0.05) is 24.3 Å². The Morgan fingerprint density at radius 3 is 2.53 bits per heavy atom. The van der Waals surface area contributed by atoms with E-state index < -0.39 is 0 Å². The standard InChI is InChI=1S/C12H14N2S/c1-9-8-15-12(14-9)11-4-2-10(3-5-11)6-7-13/h2-5,8H,6-7,13H2,1H3. The highest BCUT2D eigenvalue weighted by molar-refractivity contribution is 7.13. The third-order valence-corrected chi connectivity index (χ3v) is 3.26. The van der Waals surface area contributed by atoms with Crippen LogP contribution in [0.25, 0.3) is 10.6 Å². The van der Waals surface area contributed by atoms with E-state index in [0.717, 1.165) is 17.1 Å². The fourth-order valence-corrected chi connectivity index (χ4v) is 2.27. The summed E-state index contributed by atoms with van der Waals surface area (Å²) in [6.07, 6.45) is 0.942. The van der Waals surface area contributed by atoms with Gasteiger partial charge in [0.05, 0.1) is 0 Å². The molecule has 0 saturated carbocycles. The Morgan fingerprint density at radius 1 is 1.27 bits per heavy atom. The van der Waals surface area contributed by atoms with E-state index in [1.54, 1.807) is 11.3 Å². The SMILES string of the molecule is Cc1csc(-c2ccc(CCN)cc2)n1. The minimum absolute atomic E-state index is 0.704. The molecule has 0 amide bonds. The van der Waals surface area contributed by atoms with Crippen LogP contribution in [-0.4, -0.2) is 11.5 Å². The molecule has 2 N–H and O–H groups in total. The molecule has 0 aliphatic rings. The molecular weight excluding hydrogens is 204 g/mol. The molecule has 78 valence electrons. The van der Waals surface area contributed by atoms with Gasteiger partial charge in [0.25, 0.3) is 0 Å². The Morgan fingerprint density at radius 2 is 2.00 bits per heavy atom. The van der Waals surface area contributed by atoms with Crippen molar-refractivity contribution in [1.82, 2.24) is 4.98 Å². The minimum atomic E-state index is 0.704. The molecule has 0 aliphatic heterocycles. The first-order valence-electron chi connectivity index (χ1n) is 5.01. The second-order valence-electron chi connectivity index (χ2n) is 3.53. The molecule has 1 aromatic carbocycles. The van der Waals surface area contributed by atoms with Gasteiger partial charge in [-0.25, -0.2) is 4.98 Å². The van der Waals surface area contributed by atoms with Gasteiger partial charge in [-0.3, -0.25) is 0 Å². The van der Waals surface area contributed by atoms with Crippen LogP contribution >= 0.6 is 11.3 Å². The minimum Gasteiger partial charge on any atom is -0.330 e. The van der Waals surface area contributed by atoms with Crippen molar-refractivity contribution >= 4 is 11.3 Å². The molecule has 0 radical (unpaired) electrons. The van der Waals surface area contributed by atoms with E-state index >= 15 is 0 Å². The summed E-state index contributed by atoms with van der Waals surface area (Å²) in [6, 6.07) is 8.48. The summed E-state index contributed by atoms with van der Waals surface area (Å²) in [5.41, 5.74) is 9.06. The van der Waals surface area contributed by atoms with Gasteiger partial charge < -0.3 is 5.73 Å². The molecule has 0 saturated heterocycles. The van der Waals surface area contributed by atoms with Crippen molar-refractivity contribution in [2.45, 2.75) is 13.3 Å². The summed E-state index contributed by atoms with van der Waals surface area (Å²) in [5, 5.41) is 3.16. The first-order valence-corrected chi connectivity index (χ1v) is 5.89. The van der Waals surface area contributed by atoms with Crippen molar-refractivity contribution < 1.29 is 0 Å². The Hall–Kier alpha value is -1.19. The molecule has 0 spiro atoms. The number of aryl methyl sites for hydroxylation is 1. The number of nitrogens with two attached hydrogens (primary N) is 1. The van der Waals surface area contributed by atoms with E-state index in [1.165, 1.54) is 11.1 Å². The van der Waals surface area contributed by atoms with E-state index in [4.69, 9.17) is 5.73 Å². The van der Waals surface area contributed by atoms with Crippen LogP contribution in [0.2, 0.25) is 0 Å². The van der Waals surface area contributed by atoms with Crippen LogP contribution in [0.3, 0.4) is 0 Å². The number of hydrogen-bond donors (Lipinski definition) is 1. The van der Waals surface area contributed by atoms with Gasteiger partial charge >= 0.3 is 0 Å². The topological polar surface area (TPSA) is 38.9 Å². The number of hydrogen-bond acceptors (Lipinski definition) is 3. The highest BCUT2D eigenvalue weighted by atomic mass is 32.1. The molecule has 1 aromatic heterocycles. The van der Waals surface area contributed by atoms with Crippen molar-refractivity contribution in [1.29, 1.82) is 0 Å². The molecule has 2 nitrogen and oxygen atoms in total. The van der Waals surface area contributed by atoms with Crippen LogP contribution < -0.4 is 5.73 Å². The summed E-state index contributed by atoms with van der Waals surface area (Å²) >= 11 is 1.69. The quantitative estimate of drug-likeness (QED) is 0.860. The smallest absolute Gasteiger partial charge is 0.123 e. The Labute approximate surface area is 93.8 Å². The van der Waals surface area contributed by atoms with Crippen molar-refractivity contribution in [3.8, 4) is 10.6 Å². The number of thiazole rings is 1. The molecule has 0 aliphatic carbocycles. The predicted molar refractivity (Wildman–Crippen MR) is 65.0 cm³/mol. The van der Waals surface area contributed by atoms with E-state index in [1.807, 2.05) is 6.92 Å². The van der Waals surface area contributed by atoms with Gasteiger partial charge in [0, 0.05) is 16.6 Å². The fraction of sp³-hybridized carbons (Fsp3) is 0.250. The Balaban J connectivity index is 2.23. The van der Waals surface area contributed by atoms with Gasteiger partial charge in [-0.2, -0.15) is 0 Å². The molecule has 3 heteroatoms. The van der Waals surface area contributed by atoms with Crippen molar-refractivity contribution in [3.05, 3.63) is 40.9 Å². The maximum absolute atomic E-state index is 5.50. The molecule has 0 unspecified atom stereocenters. The van der Waals surface area contributed by atoms with Crippen LogP contribution in [0.4, 0.5) is 0 Å². The molecule has 1 heterocycles. The first kappa shape index (κ1) is 10.3. The lowest BCUT2D eigenvalue weighted by Crippen LogP contribution is -2.02. The average molecular weight is 218 g/mol. The summed E-state index contributed by atoms with van der Waals surface area (Å²) in [4.78, 5) is 4.45. The third kappa shape index (κ3) is 2.43. The average Bonchev–Trinajstić information content (AvgIpc) is 2.67. The monoisotopic (exact) mass is 218 g/mol. The Kier molecular flexibility index (Phi) is 3.14. The van der Waals surface area contributed by atoms with Crippen molar-refractivity contribution in [2.75, 3.05) is 6.54 Å². The third-order valence-electron chi connectivity index (χ3n) is 2.25. The molecule has 0 atom stereocenters. The first-order chi connectivity index (χ1) is 7.29. The van der Waals surface area contributed by atoms with Gasteiger partial charge in [0.2, 0.25) is 0 Å². The largest absolute Gasteiger partial charge is 0.330 e. The molecule has 0 bridgehead atoms. The van der Waals surface area contributed by atoms with E-state index in [9.17, 15) is 0 Å². The molecule has 15 heavy (non-hydrogen) atoms. The maximum atomic E-state index is 5.50.